The highest BCUT2D eigenvalue weighted by molar-refractivity contribution is 7.71. The topological polar surface area (TPSA) is 37.9 Å². The molecule has 0 atom stereocenters. The van der Waals surface area contributed by atoms with Crippen LogP contribution < -0.4 is 4.74 Å². The van der Waals surface area contributed by atoms with Crippen LogP contribution in [0.25, 0.3) is 11.3 Å². The summed E-state index contributed by atoms with van der Waals surface area (Å²) in [7, 11) is 1.67. The number of rotatable bonds is 2. The molecule has 1 heterocycles. The number of nitrogens with one attached hydrogen (secondary N) is 1. The molecule has 1 N–H and O–H groups in total. The van der Waals surface area contributed by atoms with E-state index in [1.165, 1.54) is 0 Å². The molecule has 4 heteroatoms. The van der Waals surface area contributed by atoms with E-state index in [0.717, 1.165) is 39.5 Å². The lowest BCUT2D eigenvalue weighted by Gasteiger charge is -2.13. The Morgan fingerprint density at radius 3 is 2.47 bits per heavy atom. The monoisotopic (exact) mass is 274 g/mol. The summed E-state index contributed by atoms with van der Waals surface area (Å²) in [5, 5.41) is 0. The fourth-order valence-corrected chi connectivity index (χ4v) is 2.49. The number of aromatic nitrogens is 2. The van der Waals surface area contributed by atoms with Gasteiger partial charge in [0.25, 0.3) is 0 Å². The van der Waals surface area contributed by atoms with Crippen molar-refractivity contribution in [2.45, 2.75) is 27.7 Å². The van der Waals surface area contributed by atoms with Gasteiger partial charge in [0.2, 0.25) is 0 Å². The van der Waals surface area contributed by atoms with Gasteiger partial charge in [-0.3, -0.25) is 0 Å². The molecule has 0 unspecified atom stereocenters. The summed E-state index contributed by atoms with van der Waals surface area (Å²) in [6.07, 6.45) is 0. The predicted molar refractivity (Wildman–Crippen MR) is 80.4 cm³/mol. The third kappa shape index (κ3) is 2.54. The van der Waals surface area contributed by atoms with Crippen LogP contribution in [0.15, 0.2) is 12.1 Å². The fraction of sp³-hybridized carbons (Fsp3) is 0.333. The number of ether oxygens (including phenoxy) is 1. The number of hydrogen-bond acceptors (Lipinski definition) is 3. The third-order valence-electron chi connectivity index (χ3n) is 3.24. The summed E-state index contributed by atoms with van der Waals surface area (Å²) in [6.45, 7) is 8.05. The lowest BCUT2D eigenvalue weighted by molar-refractivity contribution is 0.415. The summed E-state index contributed by atoms with van der Waals surface area (Å²) in [4.78, 5) is 7.82. The Morgan fingerprint density at radius 1 is 1.16 bits per heavy atom. The molecule has 0 saturated carbocycles. The van der Waals surface area contributed by atoms with E-state index in [4.69, 9.17) is 17.0 Å². The lowest BCUT2D eigenvalue weighted by atomic mass is 10.0. The minimum Gasteiger partial charge on any atom is -0.496 e. The van der Waals surface area contributed by atoms with Gasteiger partial charge in [-0.1, -0.05) is 18.3 Å². The first-order chi connectivity index (χ1) is 8.93. The van der Waals surface area contributed by atoms with Gasteiger partial charge in [-0.05, 0) is 44.9 Å². The van der Waals surface area contributed by atoms with E-state index in [0.29, 0.717) is 4.64 Å². The molecule has 0 amide bonds. The minimum atomic E-state index is 0.647. The third-order valence-corrected chi connectivity index (χ3v) is 3.53. The quantitative estimate of drug-likeness (QED) is 0.840. The normalized spacial score (nSPS) is 10.6. The molecule has 100 valence electrons. The summed E-state index contributed by atoms with van der Waals surface area (Å²) in [5.41, 5.74) is 5.98. The summed E-state index contributed by atoms with van der Waals surface area (Å²) < 4.78 is 6.13. The lowest BCUT2D eigenvalue weighted by Crippen LogP contribution is -2.00. The molecule has 0 spiro atoms. The molecule has 0 radical (unpaired) electrons. The Bertz CT molecular complexity index is 689. The summed E-state index contributed by atoms with van der Waals surface area (Å²) in [6, 6.07) is 4.12. The molecular weight excluding hydrogens is 256 g/mol. The van der Waals surface area contributed by atoms with Crippen LogP contribution in [-0.2, 0) is 0 Å². The van der Waals surface area contributed by atoms with Crippen molar-refractivity contribution < 1.29 is 4.74 Å². The molecule has 1 aromatic heterocycles. The molecule has 2 aromatic rings. The van der Waals surface area contributed by atoms with Gasteiger partial charge in [0, 0.05) is 11.3 Å². The largest absolute Gasteiger partial charge is 0.496 e. The van der Waals surface area contributed by atoms with Gasteiger partial charge in [-0.25, -0.2) is 4.98 Å². The zero-order valence-corrected chi connectivity index (χ0v) is 12.7. The highest BCUT2D eigenvalue weighted by Crippen LogP contribution is 2.33. The van der Waals surface area contributed by atoms with Crippen molar-refractivity contribution in [3.8, 4) is 17.0 Å². The average molecular weight is 274 g/mol. The predicted octanol–water partition coefficient (Wildman–Crippen LogP) is 4.05. The van der Waals surface area contributed by atoms with E-state index in [2.05, 4.69) is 23.0 Å². The molecule has 2 rings (SSSR count). The standard InChI is InChI=1S/C15H18N2OS/c1-8-6-9(2)13(12(7-8)18-5)14-15(19)17-11(4)10(3)16-14/h6-7H,1-5H3,(H,17,19). The van der Waals surface area contributed by atoms with Crippen molar-refractivity contribution >= 4 is 12.2 Å². The highest BCUT2D eigenvalue weighted by atomic mass is 32.1. The first kappa shape index (κ1) is 13.7. The molecule has 0 aliphatic carbocycles. The van der Waals surface area contributed by atoms with Crippen molar-refractivity contribution in [3.63, 3.8) is 0 Å². The average Bonchev–Trinajstić information content (AvgIpc) is 2.33. The Balaban J connectivity index is 2.79. The first-order valence-corrected chi connectivity index (χ1v) is 6.58. The molecule has 0 saturated heterocycles. The van der Waals surface area contributed by atoms with Crippen LogP contribution in [0, 0.1) is 32.3 Å². The van der Waals surface area contributed by atoms with Crippen LogP contribution in [0.1, 0.15) is 22.5 Å². The molecule has 0 aliphatic heterocycles. The van der Waals surface area contributed by atoms with E-state index in [1.54, 1.807) is 7.11 Å². The zero-order valence-electron chi connectivity index (χ0n) is 11.9. The smallest absolute Gasteiger partial charge is 0.130 e. The van der Waals surface area contributed by atoms with Gasteiger partial charge in [-0.15, -0.1) is 0 Å². The van der Waals surface area contributed by atoms with E-state index in [-0.39, 0.29) is 0 Å². The van der Waals surface area contributed by atoms with Crippen LogP contribution in [0.2, 0.25) is 0 Å². The number of H-pyrrole nitrogens is 1. The highest BCUT2D eigenvalue weighted by Gasteiger charge is 2.14. The van der Waals surface area contributed by atoms with E-state index >= 15 is 0 Å². The van der Waals surface area contributed by atoms with Crippen molar-refractivity contribution in [2.24, 2.45) is 0 Å². The van der Waals surface area contributed by atoms with Gasteiger partial charge >= 0.3 is 0 Å². The second kappa shape index (κ2) is 5.13. The van der Waals surface area contributed by atoms with Gasteiger partial charge in [0.1, 0.15) is 16.1 Å². The maximum absolute atomic E-state index is 5.49. The number of aromatic amines is 1. The maximum Gasteiger partial charge on any atom is 0.130 e. The molecule has 0 aliphatic rings. The van der Waals surface area contributed by atoms with Crippen molar-refractivity contribution in [1.29, 1.82) is 0 Å². The van der Waals surface area contributed by atoms with Crippen molar-refractivity contribution in [2.75, 3.05) is 7.11 Å². The molecule has 0 bridgehead atoms. The van der Waals surface area contributed by atoms with Crippen LogP contribution in [-0.4, -0.2) is 17.1 Å². The van der Waals surface area contributed by atoms with Gasteiger partial charge < -0.3 is 9.72 Å². The molecule has 1 aromatic carbocycles. The molecule has 0 fully saturated rings. The SMILES string of the molecule is COc1cc(C)cc(C)c1-c1nc(C)c(C)[nH]c1=S. The number of methoxy groups -OCH3 is 1. The first-order valence-electron chi connectivity index (χ1n) is 6.17. The molecule has 19 heavy (non-hydrogen) atoms. The van der Waals surface area contributed by atoms with Gasteiger partial charge in [0.05, 0.1) is 12.8 Å². The summed E-state index contributed by atoms with van der Waals surface area (Å²) in [5.74, 6) is 0.813. The Labute approximate surface area is 118 Å². The number of aryl methyl sites for hydroxylation is 4. The Hall–Kier alpha value is -1.68. The number of benzene rings is 1. The molecular formula is C15H18N2OS. The second-order valence-electron chi connectivity index (χ2n) is 4.78. The fourth-order valence-electron chi connectivity index (χ4n) is 2.18. The maximum atomic E-state index is 5.49. The van der Waals surface area contributed by atoms with Crippen LogP contribution in [0.5, 0.6) is 5.75 Å². The van der Waals surface area contributed by atoms with Crippen molar-refractivity contribution in [1.82, 2.24) is 9.97 Å². The van der Waals surface area contributed by atoms with E-state index in [9.17, 15) is 0 Å². The summed E-state index contributed by atoms with van der Waals surface area (Å²) >= 11 is 5.41. The van der Waals surface area contributed by atoms with Gasteiger partial charge in [-0.2, -0.15) is 0 Å². The Kier molecular flexibility index (Phi) is 3.71. The second-order valence-corrected chi connectivity index (χ2v) is 5.19. The van der Waals surface area contributed by atoms with Crippen LogP contribution in [0.4, 0.5) is 0 Å². The van der Waals surface area contributed by atoms with E-state index < -0.39 is 0 Å². The molecule has 3 nitrogen and oxygen atoms in total. The van der Waals surface area contributed by atoms with Crippen LogP contribution >= 0.6 is 12.2 Å². The van der Waals surface area contributed by atoms with Crippen LogP contribution in [0.3, 0.4) is 0 Å². The van der Waals surface area contributed by atoms with Crippen molar-refractivity contribution in [3.05, 3.63) is 39.3 Å². The number of hydrogen-bond donors (Lipinski definition) is 1. The Morgan fingerprint density at radius 2 is 1.84 bits per heavy atom. The minimum absolute atomic E-state index is 0.647. The number of nitrogens with zero attached hydrogens (tertiary/aromatic N) is 1. The van der Waals surface area contributed by atoms with E-state index in [1.807, 2.05) is 26.8 Å². The van der Waals surface area contributed by atoms with Gasteiger partial charge in [0.15, 0.2) is 0 Å². The zero-order chi connectivity index (χ0) is 14.2.